The van der Waals surface area contributed by atoms with Crippen molar-refractivity contribution in [1.29, 1.82) is 0 Å². The summed E-state index contributed by atoms with van der Waals surface area (Å²) in [5.74, 6) is -0.726. The molecule has 0 aliphatic carbocycles. The average molecular weight is 618 g/mol. The third-order valence-electron chi connectivity index (χ3n) is 6.18. The second-order valence-electron chi connectivity index (χ2n) is 9.42. The van der Waals surface area contributed by atoms with E-state index in [-0.39, 0.29) is 19.1 Å². The number of carbonyl (C=O) groups excluding carboxylic acids is 3. The molecular weight excluding hydrogens is 585 g/mol. The molecule has 11 heteroatoms. The van der Waals surface area contributed by atoms with E-state index in [0.717, 1.165) is 0 Å². The van der Waals surface area contributed by atoms with Crippen molar-refractivity contribution in [3.8, 4) is 11.5 Å². The van der Waals surface area contributed by atoms with Gasteiger partial charge in [0.15, 0.2) is 23.3 Å². The Kier molecular flexibility index (Phi) is 10.9. The zero-order valence-electron chi connectivity index (χ0n) is 24.6. The number of hydrogen-bond donors (Lipinski definition) is 1. The molecule has 0 radical (unpaired) electrons. The van der Waals surface area contributed by atoms with Crippen molar-refractivity contribution in [1.82, 2.24) is 4.90 Å². The van der Waals surface area contributed by atoms with Crippen molar-refractivity contribution >= 4 is 52.2 Å². The first-order valence-electron chi connectivity index (χ1n) is 13.8. The molecule has 1 saturated heterocycles. The first-order chi connectivity index (χ1) is 21.2. The predicted octanol–water partition coefficient (Wildman–Crippen LogP) is 6.38. The number of likely N-dealkylation sites (N-methyl/N-ethyl adjacent to an activating group) is 1. The van der Waals surface area contributed by atoms with Crippen molar-refractivity contribution in [2.75, 3.05) is 32.2 Å². The summed E-state index contributed by atoms with van der Waals surface area (Å²) in [4.78, 5) is 44.3. The van der Waals surface area contributed by atoms with Crippen molar-refractivity contribution in [2.24, 2.45) is 4.99 Å². The number of ether oxygens (including phenoxy) is 3. The maximum Gasteiger partial charge on any atom is 0.338 e. The number of aliphatic imine (C=N–C) groups is 1. The van der Waals surface area contributed by atoms with Gasteiger partial charge in [0.05, 0.1) is 29.4 Å². The smallest absolute Gasteiger partial charge is 0.338 e. The number of nitrogens with zero attached hydrogens (tertiary/aromatic N) is 2. The lowest BCUT2D eigenvalue weighted by Crippen LogP contribution is -2.23. The Hall–Kier alpha value is -4.90. The Morgan fingerprint density at radius 3 is 2.55 bits per heavy atom. The topological polar surface area (TPSA) is 107 Å². The normalized spacial score (nSPS) is 14.5. The Bertz CT molecular complexity index is 1620. The van der Waals surface area contributed by atoms with Gasteiger partial charge in [-0.3, -0.25) is 14.5 Å². The minimum atomic E-state index is -0.444. The van der Waals surface area contributed by atoms with Crippen molar-refractivity contribution in [2.45, 2.75) is 20.3 Å². The number of thioether (sulfide) groups is 1. The van der Waals surface area contributed by atoms with Crippen LogP contribution in [-0.4, -0.2) is 54.7 Å². The molecule has 1 heterocycles. The van der Waals surface area contributed by atoms with Gasteiger partial charge < -0.3 is 19.5 Å². The van der Waals surface area contributed by atoms with Gasteiger partial charge in [-0.2, -0.15) is 0 Å². The van der Waals surface area contributed by atoms with Gasteiger partial charge in [0.2, 0.25) is 0 Å². The standard InChI is InChI=1S/C33H32FN3O6S/c1-5-9-22-16-21(17-27(41-6-2)30(22)43-20-29(38)35-25-14-12-24(34)13-15-25)18-28-31(39)37(4)33(44-28)36-26-11-8-10-23(19-26)32(40)42-7-3/h5,8,10-19H,1,6-7,9,20H2,2-4H3,(H,35,38). The first-order valence-corrected chi connectivity index (χ1v) is 14.7. The summed E-state index contributed by atoms with van der Waals surface area (Å²) in [7, 11) is 1.63. The maximum absolute atomic E-state index is 13.2. The van der Waals surface area contributed by atoms with Crippen LogP contribution in [0.25, 0.3) is 6.08 Å². The molecule has 228 valence electrons. The lowest BCUT2D eigenvalue weighted by Gasteiger charge is -2.17. The van der Waals surface area contributed by atoms with Crippen molar-refractivity contribution < 1.29 is 33.0 Å². The molecule has 0 unspecified atom stereocenters. The number of benzene rings is 3. The molecule has 2 amide bonds. The Balaban J connectivity index is 1.57. The van der Waals surface area contributed by atoms with E-state index in [1.807, 2.05) is 13.0 Å². The number of hydrogen-bond acceptors (Lipinski definition) is 8. The van der Waals surface area contributed by atoms with Crippen LogP contribution in [0.2, 0.25) is 0 Å². The molecule has 1 aliphatic heterocycles. The van der Waals surface area contributed by atoms with E-state index in [1.165, 1.54) is 40.9 Å². The number of carbonyl (C=O) groups is 3. The fourth-order valence-electron chi connectivity index (χ4n) is 4.20. The predicted molar refractivity (Wildman–Crippen MR) is 170 cm³/mol. The van der Waals surface area contributed by atoms with Crippen LogP contribution in [0.3, 0.4) is 0 Å². The number of nitrogens with one attached hydrogen (secondary N) is 1. The minimum absolute atomic E-state index is 0.240. The quantitative estimate of drug-likeness (QED) is 0.143. The van der Waals surface area contributed by atoms with E-state index in [4.69, 9.17) is 14.2 Å². The van der Waals surface area contributed by atoms with Crippen LogP contribution in [0.15, 0.2) is 83.2 Å². The number of rotatable bonds is 12. The Morgan fingerprint density at radius 2 is 1.84 bits per heavy atom. The highest BCUT2D eigenvalue weighted by molar-refractivity contribution is 8.18. The number of esters is 1. The second kappa shape index (κ2) is 15.0. The van der Waals surface area contributed by atoms with Crippen LogP contribution in [0, 0.1) is 5.82 Å². The van der Waals surface area contributed by atoms with E-state index in [9.17, 15) is 18.8 Å². The molecule has 0 saturated carbocycles. The first kappa shape index (κ1) is 32.0. The van der Waals surface area contributed by atoms with Gasteiger partial charge in [0, 0.05) is 18.3 Å². The molecule has 44 heavy (non-hydrogen) atoms. The van der Waals surface area contributed by atoms with Crippen LogP contribution in [-0.2, 0) is 20.7 Å². The molecule has 3 aromatic carbocycles. The third kappa shape index (κ3) is 8.13. The van der Waals surface area contributed by atoms with Crippen LogP contribution in [0.4, 0.5) is 15.8 Å². The number of anilines is 1. The molecule has 3 aromatic rings. The Morgan fingerprint density at radius 1 is 1.07 bits per heavy atom. The summed E-state index contributed by atoms with van der Waals surface area (Å²) < 4.78 is 30.0. The minimum Gasteiger partial charge on any atom is -0.490 e. The highest BCUT2D eigenvalue weighted by Crippen LogP contribution is 2.38. The summed E-state index contributed by atoms with van der Waals surface area (Å²) in [6, 6.07) is 15.7. The van der Waals surface area contributed by atoms with Gasteiger partial charge in [-0.05, 0) is 98.3 Å². The maximum atomic E-state index is 13.2. The average Bonchev–Trinajstić information content (AvgIpc) is 3.26. The molecule has 1 fully saturated rings. The third-order valence-corrected chi connectivity index (χ3v) is 7.24. The summed E-state index contributed by atoms with van der Waals surface area (Å²) in [5, 5.41) is 3.12. The number of amidine groups is 1. The van der Waals surface area contributed by atoms with Gasteiger partial charge in [-0.1, -0.05) is 12.1 Å². The molecule has 9 nitrogen and oxygen atoms in total. The molecule has 4 rings (SSSR count). The zero-order valence-corrected chi connectivity index (χ0v) is 25.4. The van der Waals surface area contributed by atoms with Gasteiger partial charge in [0.1, 0.15) is 5.82 Å². The monoisotopic (exact) mass is 617 g/mol. The fourth-order valence-corrected chi connectivity index (χ4v) is 5.19. The Labute approximate surface area is 259 Å². The molecule has 0 spiro atoms. The van der Waals surface area contributed by atoms with Crippen LogP contribution < -0.4 is 14.8 Å². The highest BCUT2D eigenvalue weighted by atomic mass is 32.2. The molecule has 0 atom stereocenters. The molecule has 0 bridgehead atoms. The van der Waals surface area contributed by atoms with Gasteiger partial charge in [-0.25, -0.2) is 14.2 Å². The van der Waals surface area contributed by atoms with Gasteiger partial charge in [-0.15, -0.1) is 6.58 Å². The van der Waals surface area contributed by atoms with E-state index < -0.39 is 17.7 Å². The lowest BCUT2D eigenvalue weighted by molar-refractivity contribution is -0.121. The van der Waals surface area contributed by atoms with Crippen molar-refractivity contribution in [3.63, 3.8) is 0 Å². The number of halogens is 1. The highest BCUT2D eigenvalue weighted by Gasteiger charge is 2.30. The molecule has 1 N–H and O–H groups in total. The van der Waals surface area contributed by atoms with E-state index in [0.29, 0.717) is 62.7 Å². The number of amides is 2. The molecule has 1 aliphatic rings. The van der Waals surface area contributed by atoms with Crippen LogP contribution >= 0.6 is 11.8 Å². The lowest BCUT2D eigenvalue weighted by atomic mass is 10.0. The van der Waals surface area contributed by atoms with E-state index >= 15 is 0 Å². The second-order valence-corrected chi connectivity index (χ2v) is 10.4. The summed E-state index contributed by atoms with van der Waals surface area (Å²) in [5.41, 5.74) is 2.71. The van der Waals surface area contributed by atoms with Crippen LogP contribution in [0.1, 0.15) is 35.3 Å². The van der Waals surface area contributed by atoms with Crippen molar-refractivity contribution in [3.05, 3.63) is 101 Å². The zero-order chi connectivity index (χ0) is 31.6. The number of allylic oxidation sites excluding steroid dienone is 1. The SMILES string of the molecule is C=CCc1cc(C=C2SC(=Nc3cccc(C(=O)OCC)c3)N(C)C2=O)cc(OCC)c1OCC(=O)Nc1ccc(F)cc1. The van der Waals surface area contributed by atoms with Gasteiger partial charge >= 0.3 is 5.97 Å². The van der Waals surface area contributed by atoms with Crippen LogP contribution in [0.5, 0.6) is 11.5 Å². The summed E-state index contributed by atoms with van der Waals surface area (Å²) >= 11 is 1.20. The largest absolute Gasteiger partial charge is 0.490 e. The summed E-state index contributed by atoms with van der Waals surface area (Å²) in [6.45, 7) is 7.69. The molecular formula is C33H32FN3O6S. The summed E-state index contributed by atoms with van der Waals surface area (Å²) in [6.07, 6.45) is 3.85. The van der Waals surface area contributed by atoms with E-state index in [1.54, 1.807) is 56.5 Å². The van der Waals surface area contributed by atoms with Gasteiger partial charge in [0.25, 0.3) is 11.8 Å². The van der Waals surface area contributed by atoms with E-state index in [2.05, 4.69) is 16.9 Å². The fraction of sp³-hybridized carbons (Fsp3) is 0.212. The molecule has 0 aromatic heterocycles.